The molecule has 0 amide bonds. The van der Waals surface area contributed by atoms with Crippen LogP contribution in [0.3, 0.4) is 0 Å². The maximum Gasteiger partial charge on any atom is 0.188 e. The minimum Gasteiger partial charge on any atom is -0.490 e. The number of hydrogen-bond donors (Lipinski definition) is 1. The molecular weight excluding hydrogens is 180 g/mol. The maximum absolute atomic E-state index is 11.1. The lowest BCUT2D eigenvalue weighted by molar-refractivity contribution is 0.0903. The van der Waals surface area contributed by atoms with Gasteiger partial charge < -0.3 is 9.84 Å². The topological polar surface area (TPSA) is 46.5 Å². The van der Waals surface area contributed by atoms with Gasteiger partial charge in [-0.05, 0) is 12.1 Å². The number of ketones is 1. The van der Waals surface area contributed by atoms with Gasteiger partial charge in [0, 0.05) is 5.56 Å². The van der Waals surface area contributed by atoms with E-state index in [-0.39, 0.29) is 5.78 Å². The van der Waals surface area contributed by atoms with Crippen molar-refractivity contribution in [1.82, 2.24) is 0 Å². The lowest BCUT2D eigenvalue weighted by Gasteiger charge is -2.04. The van der Waals surface area contributed by atoms with E-state index in [0.717, 1.165) is 0 Å². The largest absolute Gasteiger partial charge is 0.490 e. The smallest absolute Gasteiger partial charge is 0.188 e. The van der Waals surface area contributed by atoms with E-state index in [1.54, 1.807) is 30.3 Å². The number of benzene rings is 1. The number of hydrogen-bond acceptors (Lipinski definition) is 3. The summed E-state index contributed by atoms with van der Waals surface area (Å²) in [6, 6.07) is 6.69. The maximum atomic E-state index is 11.1. The van der Waals surface area contributed by atoms with Crippen molar-refractivity contribution in [2.45, 2.75) is 0 Å². The number of rotatable bonds is 5. The van der Waals surface area contributed by atoms with Crippen LogP contribution in [0.4, 0.5) is 0 Å². The highest BCUT2D eigenvalue weighted by Gasteiger charge is 2.04. The SMILES string of the molecule is C=CCOc1cccc(C(=O)CO)c1. The zero-order valence-electron chi connectivity index (χ0n) is 7.77. The molecule has 0 fully saturated rings. The second-order valence-electron chi connectivity index (χ2n) is 2.71. The van der Waals surface area contributed by atoms with Crippen molar-refractivity contribution in [1.29, 1.82) is 0 Å². The van der Waals surface area contributed by atoms with Crippen LogP contribution in [-0.2, 0) is 0 Å². The Bertz CT molecular complexity index is 331. The number of ether oxygens (including phenoxy) is 1. The fourth-order valence-electron chi connectivity index (χ4n) is 1.01. The summed E-state index contributed by atoms with van der Waals surface area (Å²) >= 11 is 0. The molecule has 0 bridgehead atoms. The van der Waals surface area contributed by atoms with Gasteiger partial charge in [-0.3, -0.25) is 4.79 Å². The number of aliphatic hydroxyl groups is 1. The molecule has 0 radical (unpaired) electrons. The van der Waals surface area contributed by atoms with E-state index in [1.165, 1.54) is 0 Å². The van der Waals surface area contributed by atoms with Gasteiger partial charge in [0.2, 0.25) is 0 Å². The van der Waals surface area contributed by atoms with Crippen molar-refractivity contribution in [3.63, 3.8) is 0 Å². The molecule has 0 spiro atoms. The number of Topliss-reactive ketones (excluding diaryl/α,β-unsaturated/α-hetero) is 1. The molecule has 0 unspecified atom stereocenters. The van der Waals surface area contributed by atoms with Crippen LogP contribution in [-0.4, -0.2) is 24.1 Å². The van der Waals surface area contributed by atoms with Gasteiger partial charge in [-0.15, -0.1) is 0 Å². The molecule has 0 saturated heterocycles. The Kier molecular flexibility index (Phi) is 3.88. The standard InChI is InChI=1S/C11H12O3/c1-2-6-14-10-5-3-4-9(7-10)11(13)8-12/h2-5,7,12H,1,6,8H2. The average Bonchev–Trinajstić information content (AvgIpc) is 2.25. The lowest BCUT2D eigenvalue weighted by Crippen LogP contribution is -2.04. The molecule has 0 aliphatic heterocycles. The Morgan fingerprint density at radius 3 is 3.00 bits per heavy atom. The fourth-order valence-corrected chi connectivity index (χ4v) is 1.01. The Labute approximate surface area is 82.6 Å². The van der Waals surface area contributed by atoms with Crippen LogP contribution in [0.1, 0.15) is 10.4 Å². The highest BCUT2D eigenvalue weighted by atomic mass is 16.5. The lowest BCUT2D eigenvalue weighted by atomic mass is 10.1. The zero-order valence-corrected chi connectivity index (χ0v) is 7.77. The van der Waals surface area contributed by atoms with Gasteiger partial charge in [-0.2, -0.15) is 0 Å². The van der Waals surface area contributed by atoms with E-state index >= 15 is 0 Å². The van der Waals surface area contributed by atoms with Gasteiger partial charge >= 0.3 is 0 Å². The van der Waals surface area contributed by atoms with Crippen LogP contribution < -0.4 is 4.74 Å². The molecular formula is C11H12O3. The second kappa shape index (κ2) is 5.19. The highest BCUT2D eigenvalue weighted by molar-refractivity contribution is 5.97. The van der Waals surface area contributed by atoms with Crippen LogP contribution in [0.5, 0.6) is 5.75 Å². The van der Waals surface area contributed by atoms with Gasteiger partial charge in [0.25, 0.3) is 0 Å². The average molecular weight is 192 g/mol. The molecule has 0 aromatic heterocycles. The quantitative estimate of drug-likeness (QED) is 0.567. The number of carbonyl (C=O) groups is 1. The summed E-state index contributed by atoms with van der Waals surface area (Å²) in [4.78, 5) is 11.1. The Hall–Kier alpha value is -1.61. The predicted octanol–water partition coefficient (Wildman–Crippen LogP) is 1.43. The van der Waals surface area contributed by atoms with Crippen LogP contribution in [0.2, 0.25) is 0 Å². The van der Waals surface area contributed by atoms with Gasteiger partial charge in [-0.1, -0.05) is 24.8 Å². The summed E-state index contributed by atoms with van der Waals surface area (Å²) in [6.45, 7) is 3.44. The molecule has 74 valence electrons. The molecule has 0 atom stereocenters. The molecule has 14 heavy (non-hydrogen) atoms. The highest BCUT2D eigenvalue weighted by Crippen LogP contribution is 2.13. The zero-order chi connectivity index (χ0) is 10.4. The number of aliphatic hydroxyl groups excluding tert-OH is 1. The molecule has 3 nitrogen and oxygen atoms in total. The third kappa shape index (κ3) is 2.71. The van der Waals surface area contributed by atoms with Crippen LogP contribution in [0, 0.1) is 0 Å². The number of carbonyl (C=O) groups excluding carboxylic acids is 1. The first-order valence-corrected chi connectivity index (χ1v) is 4.25. The first kappa shape index (κ1) is 10.5. The molecule has 1 aromatic carbocycles. The van der Waals surface area contributed by atoms with E-state index < -0.39 is 6.61 Å². The Balaban J connectivity index is 2.78. The van der Waals surface area contributed by atoms with E-state index in [2.05, 4.69) is 6.58 Å². The van der Waals surface area contributed by atoms with E-state index in [4.69, 9.17) is 9.84 Å². The van der Waals surface area contributed by atoms with Gasteiger partial charge in [0.15, 0.2) is 5.78 Å². The van der Waals surface area contributed by atoms with Crippen LogP contribution >= 0.6 is 0 Å². The molecule has 1 aromatic rings. The van der Waals surface area contributed by atoms with Crippen molar-refractivity contribution < 1.29 is 14.6 Å². The molecule has 0 saturated carbocycles. The first-order chi connectivity index (χ1) is 6.77. The third-order valence-corrected chi connectivity index (χ3v) is 1.67. The van der Waals surface area contributed by atoms with E-state index in [0.29, 0.717) is 17.9 Å². The summed E-state index contributed by atoms with van der Waals surface area (Å²) < 4.78 is 5.24. The summed E-state index contributed by atoms with van der Waals surface area (Å²) in [5.74, 6) is 0.290. The summed E-state index contributed by atoms with van der Waals surface area (Å²) in [6.07, 6.45) is 1.63. The van der Waals surface area contributed by atoms with Crippen LogP contribution in [0.15, 0.2) is 36.9 Å². The van der Waals surface area contributed by atoms with Crippen LogP contribution in [0.25, 0.3) is 0 Å². The summed E-state index contributed by atoms with van der Waals surface area (Å²) in [5.41, 5.74) is 0.453. The molecule has 0 heterocycles. The van der Waals surface area contributed by atoms with Crippen molar-refractivity contribution in [2.24, 2.45) is 0 Å². The summed E-state index contributed by atoms with van der Waals surface area (Å²) in [7, 11) is 0. The minimum atomic E-state index is -0.481. The van der Waals surface area contributed by atoms with Gasteiger partial charge in [-0.25, -0.2) is 0 Å². The van der Waals surface area contributed by atoms with Crippen molar-refractivity contribution in [2.75, 3.05) is 13.2 Å². The van der Waals surface area contributed by atoms with E-state index in [9.17, 15) is 4.79 Å². The molecule has 1 rings (SSSR count). The molecule has 0 aliphatic carbocycles. The fraction of sp³-hybridized carbons (Fsp3) is 0.182. The first-order valence-electron chi connectivity index (χ1n) is 4.25. The van der Waals surface area contributed by atoms with Gasteiger partial charge in [0.05, 0.1) is 0 Å². The third-order valence-electron chi connectivity index (χ3n) is 1.67. The molecule has 0 aliphatic rings. The summed E-state index contributed by atoms with van der Waals surface area (Å²) in [5, 5.41) is 8.65. The monoisotopic (exact) mass is 192 g/mol. The molecule has 3 heteroatoms. The van der Waals surface area contributed by atoms with Crippen molar-refractivity contribution in [3.05, 3.63) is 42.5 Å². The van der Waals surface area contributed by atoms with E-state index in [1.807, 2.05) is 0 Å². The Morgan fingerprint density at radius 2 is 2.36 bits per heavy atom. The normalized spacial score (nSPS) is 9.50. The predicted molar refractivity (Wildman–Crippen MR) is 53.6 cm³/mol. The second-order valence-corrected chi connectivity index (χ2v) is 2.71. The van der Waals surface area contributed by atoms with Crippen molar-refractivity contribution >= 4 is 5.78 Å². The molecule has 1 N–H and O–H groups in total. The van der Waals surface area contributed by atoms with Gasteiger partial charge in [0.1, 0.15) is 19.0 Å². The van der Waals surface area contributed by atoms with Crippen molar-refractivity contribution in [3.8, 4) is 5.75 Å². The Morgan fingerprint density at radius 1 is 1.57 bits per heavy atom. The minimum absolute atomic E-state index is 0.311.